The minimum Gasteiger partial charge on any atom is -0.354 e. The fourth-order valence-electron chi connectivity index (χ4n) is 2.93. The van der Waals surface area contributed by atoms with Crippen LogP contribution >= 0.6 is 0 Å². The summed E-state index contributed by atoms with van der Waals surface area (Å²) in [6.45, 7) is 5.21. The van der Waals surface area contributed by atoms with Gasteiger partial charge in [-0.2, -0.15) is 0 Å². The summed E-state index contributed by atoms with van der Waals surface area (Å²) >= 11 is 0. The van der Waals surface area contributed by atoms with Gasteiger partial charge in [0.1, 0.15) is 0 Å². The van der Waals surface area contributed by atoms with Crippen molar-refractivity contribution < 1.29 is 4.79 Å². The lowest BCUT2D eigenvalue weighted by Crippen LogP contribution is -2.48. The number of piperidine rings is 1. The molecule has 0 spiro atoms. The van der Waals surface area contributed by atoms with Crippen LogP contribution in [0.5, 0.6) is 0 Å². The summed E-state index contributed by atoms with van der Waals surface area (Å²) in [5.41, 5.74) is 1.24. The van der Waals surface area contributed by atoms with E-state index in [1.165, 1.54) is 18.4 Å². The number of hydrogen-bond donors (Lipinski definition) is 2. The summed E-state index contributed by atoms with van der Waals surface area (Å²) in [5.74, 6) is 1.52. The first-order chi connectivity index (χ1) is 11.2. The van der Waals surface area contributed by atoms with Crippen molar-refractivity contribution >= 4 is 11.9 Å². The number of nitrogens with one attached hydrogen (secondary N) is 2. The van der Waals surface area contributed by atoms with E-state index in [1.807, 2.05) is 18.2 Å². The zero-order chi connectivity index (χ0) is 16.5. The number of rotatable bonds is 5. The molecule has 23 heavy (non-hydrogen) atoms. The quantitative estimate of drug-likeness (QED) is 0.641. The van der Waals surface area contributed by atoms with Crippen molar-refractivity contribution in [2.75, 3.05) is 33.2 Å². The van der Waals surface area contributed by atoms with Crippen LogP contribution in [0.2, 0.25) is 0 Å². The van der Waals surface area contributed by atoms with E-state index in [2.05, 4.69) is 39.6 Å². The highest BCUT2D eigenvalue weighted by atomic mass is 16.1. The molecule has 1 saturated heterocycles. The molecule has 5 heteroatoms. The van der Waals surface area contributed by atoms with Gasteiger partial charge in [-0.3, -0.25) is 9.79 Å². The third kappa shape index (κ3) is 5.93. The fourth-order valence-corrected chi connectivity index (χ4v) is 2.93. The van der Waals surface area contributed by atoms with Crippen molar-refractivity contribution in [3.8, 4) is 0 Å². The number of benzene rings is 1. The van der Waals surface area contributed by atoms with Gasteiger partial charge in [0, 0.05) is 26.7 Å². The number of amides is 1. The number of carbonyl (C=O) groups excluding carboxylic acids is 1. The standard InChI is InChI=1S/C18H28N4O/c1-15-7-6-12-22(14-15)18(19-2)21-13-17(23)20-11-10-16-8-4-3-5-9-16/h3-5,8-9,15H,6-7,10-14H2,1-2H3,(H,19,21)(H,20,23). The molecule has 1 atom stereocenters. The molecule has 1 unspecified atom stereocenters. The van der Waals surface area contributed by atoms with E-state index in [-0.39, 0.29) is 12.5 Å². The first kappa shape index (κ1) is 17.3. The van der Waals surface area contributed by atoms with Crippen molar-refractivity contribution in [1.82, 2.24) is 15.5 Å². The lowest BCUT2D eigenvalue weighted by atomic mass is 10.0. The molecule has 1 aromatic carbocycles. The Labute approximate surface area is 139 Å². The maximum Gasteiger partial charge on any atom is 0.239 e. The van der Waals surface area contributed by atoms with Crippen molar-refractivity contribution in [1.29, 1.82) is 0 Å². The highest BCUT2D eigenvalue weighted by Gasteiger charge is 2.19. The number of aliphatic imine (C=N–C) groups is 1. The summed E-state index contributed by atoms with van der Waals surface area (Å²) in [6, 6.07) is 10.2. The van der Waals surface area contributed by atoms with Gasteiger partial charge in [0.2, 0.25) is 5.91 Å². The minimum atomic E-state index is 0.00661. The Hall–Kier alpha value is -2.04. The topological polar surface area (TPSA) is 56.7 Å². The van der Waals surface area contributed by atoms with Crippen LogP contribution in [0.15, 0.2) is 35.3 Å². The Morgan fingerprint density at radius 2 is 2.09 bits per heavy atom. The van der Waals surface area contributed by atoms with Gasteiger partial charge in [0.15, 0.2) is 5.96 Å². The zero-order valence-corrected chi connectivity index (χ0v) is 14.2. The Morgan fingerprint density at radius 1 is 1.30 bits per heavy atom. The van der Waals surface area contributed by atoms with Crippen molar-refractivity contribution in [3.05, 3.63) is 35.9 Å². The molecule has 5 nitrogen and oxygen atoms in total. The van der Waals surface area contributed by atoms with Crippen LogP contribution in [0.3, 0.4) is 0 Å². The predicted molar refractivity (Wildman–Crippen MR) is 94.5 cm³/mol. The summed E-state index contributed by atoms with van der Waals surface area (Å²) in [7, 11) is 1.77. The minimum absolute atomic E-state index is 0.00661. The highest BCUT2D eigenvalue weighted by molar-refractivity contribution is 5.86. The van der Waals surface area contributed by atoms with Crippen LogP contribution in [0.1, 0.15) is 25.3 Å². The smallest absolute Gasteiger partial charge is 0.239 e. The molecule has 1 fully saturated rings. The second-order valence-electron chi connectivity index (χ2n) is 6.18. The molecule has 1 aliphatic rings. The molecule has 2 rings (SSSR count). The van der Waals surface area contributed by atoms with E-state index in [0.717, 1.165) is 25.5 Å². The van der Waals surface area contributed by atoms with Gasteiger partial charge in [0.25, 0.3) is 0 Å². The number of nitrogens with zero attached hydrogens (tertiary/aromatic N) is 2. The Morgan fingerprint density at radius 3 is 2.78 bits per heavy atom. The van der Waals surface area contributed by atoms with Gasteiger partial charge in [-0.25, -0.2) is 0 Å². The van der Waals surface area contributed by atoms with E-state index in [4.69, 9.17) is 0 Å². The summed E-state index contributed by atoms with van der Waals surface area (Å²) in [4.78, 5) is 18.5. The number of likely N-dealkylation sites (tertiary alicyclic amines) is 1. The SMILES string of the molecule is CN=C(NCC(=O)NCCc1ccccc1)N1CCCC(C)C1. The monoisotopic (exact) mass is 316 g/mol. The third-order valence-corrected chi connectivity index (χ3v) is 4.15. The summed E-state index contributed by atoms with van der Waals surface area (Å²) in [6.07, 6.45) is 3.31. The van der Waals surface area contributed by atoms with Crippen LogP contribution in [0, 0.1) is 5.92 Å². The van der Waals surface area contributed by atoms with E-state index in [0.29, 0.717) is 12.5 Å². The van der Waals surface area contributed by atoms with Crippen LogP contribution in [0.25, 0.3) is 0 Å². The maximum atomic E-state index is 12.0. The molecule has 0 bridgehead atoms. The van der Waals surface area contributed by atoms with Crippen LogP contribution in [-0.4, -0.2) is 50.0 Å². The summed E-state index contributed by atoms with van der Waals surface area (Å²) < 4.78 is 0. The first-order valence-corrected chi connectivity index (χ1v) is 8.45. The van der Waals surface area contributed by atoms with Crippen LogP contribution < -0.4 is 10.6 Å². The van der Waals surface area contributed by atoms with Gasteiger partial charge in [0.05, 0.1) is 6.54 Å². The molecule has 1 heterocycles. The Bertz CT molecular complexity index is 515. The van der Waals surface area contributed by atoms with E-state index >= 15 is 0 Å². The van der Waals surface area contributed by atoms with Gasteiger partial charge in [-0.15, -0.1) is 0 Å². The molecule has 2 N–H and O–H groups in total. The molecule has 0 radical (unpaired) electrons. The number of guanidine groups is 1. The zero-order valence-electron chi connectivity index (χ0n) is 14.2. The molecule has 1 amide bonds. The number of carbonyl (C=O) groups is 1. The molecular weight excluding hydrogens is 288 g/mol. The maximum absolute atomic E-state index is 12.0. The van der Waals surface area contributed by atoms with Gasteiger partial charge in [-0.1, -0.05) is 37.3 Å². The second kappa shape index (κ2) is 9.18. The van der Waals surface area contributed by atoms with Crippen molar-refractivity contribution in [3.63, 3.8) is 0 Å². The predicted octanol–water partition coefficient (Wildman–Crippen LogP) is 1.65. The summed E-state index contributed by atoms with van der Waals surface area (Å²) in [5, 5.41) is 6.12. The van der Waals surface area contributed by atoms with E-state index < -0.39 is 0 Å². The lowest BCUT2D eigenvalue weighted by molar-refractivity contribution is -0.120. The van der Waals surface area contributed by atoms with Gasteiger partial charge < -0.3 is 15.5 Å². The average Bonchev–Trinajstić information content (AvgIpc) is 2.56. The first-order valence-electron chi connectivity index (χ1n) is 8.45. The Balaban J connectivity index is 1.68. The molecule has 1 aliphatic heterocycles. The molecule has 1 aromatic rings. The van der Waals surface area contributed by atoms with Crippen LogP contribution in [0.4, 0.5) is 0 Å². The molecular formula is C18H28N4O. The third-order valence-electron chi connectivity index (χ3n) is 4.15. The van der Waals surface area contributed by atoms with E-state index in [9.17, 15) is 4.79 Å². The molecule has 0 aliphatic carbocycles. The molecule has 0 saturated carbocycles. The Kier molecular flexibility index (Phi) is 6.91. The molecule has 0 aromatic heterocycles. The lowest BCUT2D eigenvalue weighted by Gasteiger charge is -2.33. The second-order valence-corrected chi connectivity index (χ2v) is 6.18. The van der Waals surface area contributed by atoms with Gasteiger partial charge in [-0.05, 0) is 30.7 Å². The van der Waals surface area contributed by atoms with E-state index in [1.54, 1.807) is 7.05 Å². The number of hydrogen-bond acceptors (Lipinski definition) is 2. The largest absolute Gasteiger partial charge is 0.354 e. The van der Waals surface area contributed by atoms with Gasteiger partial charge >= 0.3 is 0 Å². The normalized spacial score (nSPS) is 18.6. The molecule has 126 valence electrons. The van der Waals surface area contributed by atoms with Crippen molar-refractivity contribution in [2.24, 2.45) is 10.9 Å². The van der Waals surface area contributed by atoms with Crippen molar-refractivity contribution in [2.45, 2.75) is 26.2 Å². The highest BCUT2D eigenvalue weighted by Crippen LogP contribution is 2.15. The average molecular weight is 316 g/mol. The fraction of sp³-hybridized carbons (Fsp3) is 0.556. The van der Waals surface area contributed by atoms with Crippen LogP contribution in [-0.2, 0) is 11.2 Å².